The van der Waals surface area contributed by atoms with Crippen molar-refractivity contribution < 1.29 is 18.6 Å². The van der Waals surface area contributed by atoms with Crippen molar-refractivity contribution in [3.63, 3.8) is 0 Å². The second-order valence-corrected chi connectivity index (χ2v) is 25.8. The normalized spacial score (nSPS) is 13.0. The lowest BCUT2D eigenvalue weighted by Crippen LogP contribution is -2.41. The Hall–Kier alpha value is -3.80. The maximum Gasteiger partial charge on any atom is 0.277 e. The van der Waals surface area contributed by atoms with Crippen molar-refractivity contribution >= 4 is 28.0 Å². The molecule has 4 heterocycles. The molecule has 0 aliphatic rings. The first-order valence-electron chi connectivity index (χ1n) is 17.3. The molecule has 0 radical (unpaired) electrons. The number of nitrogens with zero attached hydrogens (tertiary/aromatic N) is 7. The summed E-state index contributed by atoms with van der Waals surface area (Å²) in [5.41, 5.74) is 1.71. The Morgan fingerprint density at radius 2 is 1.72 bits per heavy atom. The van der Waals surface area contributed by atoms with Gasteiger partial charge in [0.2, 0.25) is 5.88 Å². The number of hydrogen-bond donors (Lipinski definition) is 1. The van der Waals surface area contributed by atoms with Gasteiger partial charge >= 0.3 is 0 Å². The molecule has 1 N–H and O–H groups in total. The lowest BCUT2D eigenvalue weighted by molar-refractivity contribution is 0.0703. The molecule has 4 aromatic rings. The van der Waals surface area contributed by atoms with Crippen LogP contribution in [0.15, 0.2) is 41.7 Å². The number of pyridine rings is 1. The lowest BCUT2D eigenvalue weighted by atomic mass is 10.1. The number of ether oxygens (including phenoxy) is 3. The quantitative estimate of drug-likeness (QED) is 0.0891. The summed E-state index contributed by atoms with van der Waals surface area (Å²) in [6.45, 7) is 24.1. The molecular formula is C35H56N8O5Si2. The van der Waals surface area contributed by atoms with Crippen LogP contribution < -0.4 is 20.3 Å². The SMILES string of the molecule is CCOc1nn(C)cc1-c1cnc(Nc2ccnc(-c3cn(COCC[Si](C)(C)C)n(C)c3=O)n2)cc1O[C@@H](C)CCO[Si](C)(C)C(C)(C)C. The van der Waals surface area contributed by atoms with Crippen molar-refractivity contribution in [1.82, 2.24) is 34.1 Å². The van der Waals surface area contributed by atoms with E-state index in [2.05, 4.69) is 73.9 Å². The van der Waals surface area contributed by atoms with Crippen molar-refractivity contribution in [2.75, 3.05) is 25.1 Å². The Balaban J connectivity index is 1.57. The van der Waals surface area contributed by atoms with Crippen LogP contribution in [0, 0.1) is 0 Å². The predicted molar refractivity (Wildman–Crippen MR) is 204 cm³/mol. The highest BCUT2D eigenvalue weighted by Crippen LogP contribution is 2.39. The van der Waals surface area contributed by atoms with Crippen LogP contribution in [0.25, 0.3) is 22.5 Å². The molecule has 0 saturated carbocycles. The van der Waals surface area contributed by atoms with E-state index in [0.29, 0.717) is 54.5 Å². The Kier molecular flexibility index (Phi) is 12.5. The number of aryl methyl sites for hydroxylation is 1. The van der Waals surface area contributed by atoms with Crippen LogP contribution in [-0.2, 0) is 30.0 Å². The van der Waals surface area contributed by atoms with E-state index in [0.717, 1.165) is 23.6 Å². The van der Waals surface area contributed by atoms with Gasteiger partial charge in [0.15, 0.2) is 14.1 Å². The molecule has 274 valence electrons. The molecule has 0 spiro atoms. The number of aromatic nitrogens is 7. The topological polar surface area (TPSA) is 132 Å². The van der Waals surface area contributed by atoms with Gasteiger partial charge in [0, 0.05) is 78.2 Å². The summed E-state index contributed by atoms with van der Waals surface area (Å²) in [6, 6.07) is 4.63. The summed E-state index contributed by atoms with van der Waals surface area (Å²) < 4.78 is 29.7. The minimum Gasteiger partial charge on any atom is -0.490 e. The van der Waals surface area contributed by atoms with E-state index in [9.17, 15) is 4.79 Å². The standard InChI is InChI=1S/C35H56N8O5Si2/c1-13-46-33-27(22-41(6)40-33)26-21-37-31(20-29(26)48-25(2)15-17-47-50(11,12)35(3,4)5)38-30-14-16-36-32(39-30)28-23-43(42(7)34(28)44)24-45-18-19-49(8,9)10/h14,16,20-23,25H,13,15,17-19,24H2,1-12H3,(H,36,37,38,39)/t25-/m0/s1. The van der Waals surface area contributed by atoms with Gasteiger partial charge in [-0.15, -0.1) is 5.10 Å². The third-order valence-electron chi connectivity index (χ3n) is 8.91. The molecule has 0 aromatic carbocycles. The van der Waals surface area contributed by atoms with Crippen LogP contribution in [0.3, 0.4) is 0 Å². The largest absolute Gasteiger partial charge is 0.490 e. The van der Waals surface area contributed by atoms with Crippen molar-refractivity contribution in [2.24, 2.45) is 14.1 Å². The zero-order valence-corrected chi connectivity index (χ0v) is 34.0. The van der Waals surface area contributed by atoms with E-state index in [4.69, 9.17) is 23.6 Å². The molecule has 50 heavy (non-hydrogen) atoms. The van der Waals surface area contributed by atoms with E-state index in [1.165, 1.54) is 4.68 Å². The van der Waals surface area contributed by atoms with Gasteiger partial charge in [-0.05, 0) is 44.1 Å². The van der Waals surface area contributed by atoms with Crippen LogP contribution in [0.2, 0.25) is 43.8 Å². The fraction of sp³-hybridized carbons (Fsp3) is 0.571. The van der Waals surface area contributed by atoms with Gasteiger partial charge in [0.05, 0.1) is 18.3 Å². The summed E-state index contributed by atoms with van der Waals surface area (Å²) >= 11 is 0. The molecule has 13 nitrogen and oxygen atoms in total. The van der Waals surface area contributed by atoms with Crippen molar-refractivity contribution in [2.45, 2.75) is 97.7 Å². The molecule has 0 aliphatic heterocycles. The summed E-state index contributed by atoms with van der Waals surface area (Å²) in [4.78, 5) is 26.9. The van der Waals surface area contributed by atoms with Gasteiger partial charge in [0.25, 0.3) is 5.56 Å². The number of nitrogens with one attached hydrogen (secondary N) is 1. The number of rotatable bonds is 17. The number of hydrogen-bond acceptors (Lipinski definition) is 10. The van der Waals surface area contributed by atoms with E-state index in [1.54, 1.807) is 41.1 Å². The van der Waals surface area contributed by atoms with Gasteiger partial charge < -0.3 is 24.0 Å². The first kappa shape index (κ1) is 39.0. The minimum absolute atomic E-state index is 0.130. The van der Waals surface area contributed by atoms with E-state index in [-0.39, 0.29) is 23.4 Å². The molecule has 4 aromatic heterocycles. The molecule has 0 unspecified atom stereocenters. The minimum atomic E-state index is -1.88. The molecule has 0 bridgehead atoms. The monoisotopic (exact) mass is 724 g/mol. The molecule has 0 fully saturated rings. The predicted octanol–water partition coefficient (Wildman–Crippen LogP) is 7.07. The Morgan fingerprint density at radius 3 is 2.40 bits per heavy atom. The zero-order valence-electron chi connectivity index (χ0n) is 32.0. The average molecular weight is 725 g/mol. The van der Waals surface area contributed by atoms with Gasteiger partial charge in [0.1, 0.15) is 29.7 Å². The van der Waals surface area contributed by atoms with Crippen LogP contribution in [0.4, 0.5) is 11.6 Å². The maximum atomic E-state index is 13.2. The molecule has 0 saturated heterocycles. The van der Waals surface area contributed by atoms with Crippen LogP contribution in [0.5, 0.6) is 11.6 Å². The molecular weight excluding hydrogens is 669 g/mol. The third kappa shape index (κ3) is 10.1. The Labute approximate surface area is 298 Å². The lowest BCUT2D eigenvalue weighted by Gasteiger charge is -2.36. The molecule has 15 heteroatoms. The van der Waals surface area contributed by atoms with Crippen molar-refractivity contribution in [3.05, 3.63) is 47.3 Å². The second kappa shape index (κ2) is 16.0. The van der Waals surface area contributed by atoms with E-state index in [1.807, 2.05) is 33.2 Å². The fourth-order valence-electron chi connectivity index (χ4n) is 4.76. The third-order valence-corrected chi connectivity index (χ3v) is 15.2. The summed E-state index contributed by atoms with van der Waals surface area (Å²) in [5, 5.41) is 7.91. The highest BCUT2D eigenvalue weighted by Gasteiger charge is 2.37. The van der Waals surface area contributed by atoms with Crippen LogP contribution in [0.1, 0.15) is 41.0 Å². The van der Waals surface area contributed by atoms with Gasteiger partial charge in [-0.3, -0.25) is 18.8 Å². The molecule has 0 amide bonds. The molecule has 1 atom stereocenters. The van der Waals surface area contributed by atoms with Crippen molar-refractivity contribution in [1.29, 1.82) is 0 Å². The van der Waals surface area contributed by atoms with Crippen molar-refractivity contribution in [3.8, 4) is 34.1 Å². The first-order chi connectivity index (χ1) is 23.4. The smallest absolute Gasteiger partial charge is 0.277 e. The first-order valence-corrected chi connectivity index (χ1v) is 23.9. The molecule has 4 rings (SSSR count). The van der Waals surface area contributed by atoms with Gasteiger partial charge in [-0.25, -0.2) is 15.0 Å². The van der Waals surface area contributed by atoms with Crippen LogP contribution >= 0.6 is 0 Å². The number of anilines is 2. The van der Waals surface area contributed by atoms with Gasteiger partial charge in [-0.2, -0.15) is 0 Å². The summed E-state index contributed by atoms with van der Waals surface area (Å²) in [7, 11) is 0.462. The Morgan fingerprint density at radius 1 is 0.980 bits per heavy atom. The summed E-state index contributed by atoms with van der Waals surface area (Å²) in [5.74, 6) is 2.42. The van der Waals surface area contributed by atoms with E-state index >= 15 is 0 Å². The highest BCUT2D eigenvalue weighted by atomic mass is 28.4. The second-order valence-electron chi connectivity index (χ2n) is 15.4. The van der Waals surface area contributed by atoms with E-state index < -0.39 is 16.4 Å². The highest BCUT2D eigenvalue weighted by molar-refractivity contribution is 6.76. The Bertz CT molecular complexity index is 1790. The fourth-order valence-corrected chi connectivity index (χ4v) is 6.58. The van der Waals surface area contributed by atoms with Crippen LogP contribution in [-0.4, -0.2) is 76.4 Å². The average Bonchev–Trinajstić information content (AvgIpc) is 3.52. The summed E-state index contributed by atoms with van der Waals surface area (Å²) in [6.07, 6.45) is 7.56. The van der Waals surface area contributed by atoms with Gasteiger partial charge in [-0.1, -0.05) is 40.4 Å². The zero-order chi connectivity index (χ0) is 36.9. The molecule has 0 aliphatic carbocycles. The maximum absolute atomic E-state index is 13.2.